The monoisotopic (exact) mass is 372 g/mol. The normalized spacial score (nSPS) is 11.6. The van der Waals surface area contributed by atoms with Crippen molar-refractivity contribution in [2.75, 3.05) is 12.4 Å². The van der Waals surface area contributed by atoms with E-state index in [-0.39, 0.29) is 11.4 Å². The number of carbonyl (C=O) groups is 1. The Balaban J connectivity index is 1.80. The van der Waals surface area contributed by atoms with E-state index in [9.17, 15) is 10.1 Å². The van der Waals surface area contributed by atoms with Gasteiger partial charge >= 0.3 is 5.97 Å². The minimum atomic E-state index is -0.407. The Bertz CT molecular complexity index is 1030. The fraction of sp³-hybridized carbons (Fsp3) is 0.0500. The Hall–Kier alpha value is -4.25. The standard InChI is InChI=1S/C20H16N6O2/c1-28-20(27)18(15-5-3-2-4-6-15)11-14-7-9-17(10-8-14)22-13-16(12-21)19-23-25-26-24-19/h2-11,13,22H,1H3,(H,23,24,25,26). The van der Waals surface area contributed by atoms with Crippen molar-refractivity contribution in [3.8, 4) is 6.07 Å². The highest BCUT2D eigenvalue weighted by molar-refractivity contribution is 6.21. The molecular weight excluding hydrogens is 356 g/mol. The minimum absolute atomic E-state index is 0.208. The van der Waals surface area contributed by atoms with Crippen LogP contribution in [0.3, 0.4) is 0 Å². The molecule has 0 radical (unpaired) electrons. The molecule has 138 valence electrons. The summed E-state index contributed by atoms with van der Waals surface area (Å²) in [4.78, 5) is 12.1. The van der Waals surface area contributed by atoms with Crippen LogP contribution >= 0.6 is 0 Å². The van der Waals surface area contributed by atoms with Crippen LogP contribution in [-0.2, 0) is 9.53 Å². The van der Waals surface area contributed by atoms with E-state index in [1.807, 2.05) is 60.7 Å². The van der Waals surface area contributed by atoms with Gasteiger partial charge in [-0.15, -0.1) is 10.2 Å². The molecule has 0 unspecified atom stereocenters. The zero-order valence-electron chi connectivity index (χ0n) is 15.0. The lowest BCUT2D eigenvalue weighted by atomic mass is 10.0. The van der Waals surface area contributed by atoms with Crippen molar-refractivity contribution >= 4 is 28.9 Å². The van der Waals surface area contributed by atoms with E-state index in [1.54, 1.807) is 6.08 Å². The third-order valence-electron chi connectivity index (χ3n) is 3.80. The van der Waals surface area contributed by atoms with Gasteiger partial charge in [0.2, 0.25) is 5.82 Å². The number of ether oxygens (including phenoxy) is 1. The molecule has 2 N–H and O–H groups in total. The number of hydrogen-bond acceptors (Lipinski definition) is 7. The highest BCUT2D eigenvalue weighted by Gasteiger charge is 2.12. The smallest absolute Gasteiger partial charge is 0.338 e. The molecule has 0 atom stereocenters. The lowest BCUT2D eigenvalue weighted by molar-refractivity contribution is -0.133. The van der Waals surface area contributed by atoms with Crippen LogP contribution in [0.25, 0.3) is 17.2 Å². The summed E-state index contributed by atoms with van der Waals surface area (Å²) >= 11 is 0. The largest absolute Gasteiger partial charge is 0.465 e. The summed E-state index contributed by atoms with van der Waals surface area (Å²) in [6.45, 7) is 0. The van der Waals surface area contributed by atoms with Gasteiger partial charge in [-0.25, -0.2) is 4.79 Å². The Kier molecular flexibility index (Phi) is 5.90. The van der Waals surface area contributed by atoms with Gasteiger partial charge in [-0.05, 0) is 34.5 Å². The van der Waals surface area contributed by atoms with Crippen molar-refractivity contribution in [2.24, 2.45) is 0 Å². The van der Waals surface area contributed by atoms with Crippen LogP contribution < -0.4 is 5.32 Å². The van der Waals surface area contributed by atoms with Gasteiger partial charge in [0.1, 0.15) is 11.6 Å². The van der Waals surface area contributed by atoms with Crippen molar-refractivity contribution in [1.82, 2.24) is 20.6 Å². The van der Waals surface area contributed by atoms with Crippen LogP contribution in [-0.4, -0.2) is 33.7 Å². The second-order valence-corrected chi connectivity index (χ2v) is 5.59. The van der Waals surface area contributed by atoms with Crippen molar-refractivity contribution in [3.05, 3.63) is 77.7 Å². The molecule has 0 aliphatic rings. The maximum atomic E-state index is 12.1. The molecule has 3 aromatic rings. The van der Waals surface area contributed by atoms with Gasteiger partial charge in [-0.3, -0.25) is 0 Å². The molecule has 2 aromatic carbocycles. The molecule has 3 rings (SSSR count). The molecule has 28 heavy (non-hydrogen) atoms. The SMILES string of the molecule is COC(=O)C(=Cc1ccc(NC=C(C#N)c2nn[nH]n2)cc1)c1ccccc1. The summed E-state index contributed by atoms with van der Waals surface area (Å²) < 4.78 is 4.90. The van der Waals surface area contributed by atoms with Gasteiger partial charge in [-0.2, -0.15) is 10.5 Å². The summed E-state index contributed by atoms with van der Waals surface area (Å²) in [5, 5.41) is 25.5. The number of benzene rings is 2. The maximum Gasteiger partial charge on any atom is 0.338 e. The molecular formula is C20H16N6O2. The van der Waals surface area contributed by atoms with Crippen molar-refractivity contribution in [2.45, 2.75) is 0 Å². The number of allylic oxidation sites excluding steroid dienone is 1. The Morgan fingerprint density at radius 1 is 1.18 bits per heavy atom. The molecule has 0 aliphatic heterocycles. The number of rotatable bonds is 6. The van der Waals surface area contributed by atoms with Gasteiger partial charge in [0.25, 0.3) is 0 Å². The first-order chi connectivity index (χ1) is 13.7. The van der Waals surface area contributed by atoms with E-state index >= 15 is 0 Å². The molecule has 1 aromatic heterocycles. The van der Waals surface area contributed by atoms with E-state index < -0.39 is 5.97 Å². The van der Waals surface area contributed by atoms with Gasteiger partial charge < -0.3 is 10.1 Å². The first-order valence-electron chi connectivity index (χ1n) is 8.27. The molecule has 0 amide bonds. The number of methoxy groups -OCH3 is 1. The summed E-state index contributed by atoms with van der Waals surface area (Å²) in [6, 6.07) is 18.7. The third kappa shape index (κ3) is 4.47. The number of aromatic nitrogens is 4. The summed E-state index contributed by atoms with van der Waals surface area (Å²) in [6.07, 6.45) is 3.26. The predicted octanol–water partition coefficient (Wildman–Crippen LogP) is 2.89. The van der Waals surface area contributed by atoms with Gasteiger partial charge in [0, 0.05) is 11.9 Å². The number of hydrogen-bond donors (Lipinski definition) is 2. The third-order valence-corrected chi connectivity index (χ3v) is 3.80. The highest BCUT2D eigenvalue weighted by atomic mass is 16.5. The summed E-state index contributed by atoms with van der Waals surface area (Å²) in [5.74, 6) is -0.199. The quantitative estimate of drug-likeness (QED) is 0.296. The van der Waals surface area contributed by atoms with Crippen molar-refractivity contribution < 1.29 is 9.53 Å². The van der Waals surface area contributed by atoms with Crippen LogP contribution in [0.15, 0.2) is 60.8 Å². The molecule has 1 heterocycles. The Labute approximate surface area is 161 Å². The molecule has 0 saturated heterocycles. The van der Waals surface area contributed by atoms with Gasteiger partial charge in [0.15, 0.2) is 0 Å². The van der Waals surface area contributed by atoms with E-state index in [1.165, 1.54) is 13.3 Å². The van der Waals surface area contributed by atoms with E-state index in [2.05, 4.69) is 25.9 Å². The average Bonchev–Trinajstić information content (AvgIpc) is 3.28. The van der Waals surface area contributed by atoms with Crippen LogP contribution in [0, 0.1) is 11.3 Å². The van der Waals surface area contributed by atoms with E-state index in [4.69, 9.17) is 4.74 Å². The average molecular weight is 372 g/mol. The molecule has 8 heteroatoms. The number of anilines is 1. The number of carbonyl (C=O) groups excluding carboxylic acids is 1. The maximum absolute atomic E-state index is 12.1. The predicted molar refractivity (Wildman–Crippen MR) is 104 cm³/mol. The second-order valence-electron chi connectivity index (χ2n) is 5.59. The molecule has 0 fully saturated rings. The Morgan fingerprint density at radius 2 is 1.93 bits per heavy atom. The lowest BCUT2D eigenvalue weighted by Crippen LogP contribution is -2.03. The molecule has 0 saturated carbocycles. The first kappa shape index (κ1) is 18.5. The Morgan fingerprint density at radius 3 is 2.54 bits per heavy atom. The zero-order valence-corrected chi connectivity index (χ0v) is 15.0. The summed E-state index contributed by atoms with van der Waals surface area (Å²) in [5.41, 5.74) is 3.07. The van der Waals surface area contributed by atoms with Crippen molar-refractivity contribution in [1.29, 1.82) is 5.26 Å². The van der Waals surface area contributed by atoms with E-state index in [0.717, 1.165) is 16.8 Å². The number of nitriles is 1. The minimum Gasteiger partial charge on any atom is -0.465 e. The topological polar surface area (TPSA) is 117 Å². The van der Waals surface area contributed by atoms with Gasteiger partial charge in [-0.1, -0.05) is 42.5 Å². The van der Waals surface area contributed by atoms with E-state index in [0.29, 0.717) is 5.57 Å². The zero-order chi connectivity index (χ0) is 19.8. The van der Waals surface area contributed by atoms with Crippen LogP contribution in [0.5, 0.6) is 0 Å². The number of nitrogens with zero attached hydrogens (tertiary/aromatic N) is 4. The number of nitrogens with one attached hydrogen (secondary N) is 2. The van der Waals surface area contributed by atoms with Crippen LogP contribution in [0.4, 0.5) is 5.69 Å². The second kappa shape index (κ2) is 8.91. The molecule has 0 bridgehead atoms. The van der Waals surface area contributed by atoms with Crippen LogP contribution in [0.1, 0.15) is 17.0 Å². The molecule has 0 aliphatic carbocycles. The summed E-state index contributed by atoms with van der Waals surface area (Å²) in [7, 11) is 1.36. The number of H-pyrrole nitrogens is 1. The highest BCUT2D eigenvalue weighted by Crippen LogP contribution is 2.21. The lowest BCUT2D eigenvalue weighted by Gasteiger charge is -2.07. The first-order valence-corrected chi connectivity index (χ1v) is 8.27. The fourth-order valence-electron chi connectivity index (χ4n) is 2.41. The molecule has 8 nitrogen and oxygen atoms in total. The number of aromatic amines is 1. The number of tetrazole rings is 1. The number of esters is 1. The molecule has 0 spiro atoms. The van der Waals surface area contributed by atoms with Crippen LogP contribution in [0.2, 0.25) is 0 Å². The fourth-order valence-corrected chi connectivity index (χ4v) is 2.41. The van der Waals surface area contributed by atoms with Gasteiger partial charge in [0.05, 0.1) is 12.7 Å². The van der Waals surface area contributed by atoms with Crippen molar-refractivity contribution in [3.63, 3.8) is 0 Å².